The summed E-state index contributed by atoms with van der Waals surface area (Å²) >= 11 is 3.32. The van der Waals surface area contributed by atoms with Gasteiger partial charge in [-0.1, -0.05) is 0 Å². The van der Waals surface area contributed by atoms with Crippen LogP contribution in [0.15, 0.2) is 64.8 Å². The summed E-state index contributed by atoms with van der Waals surface area (Å²) in [5.41, 5.74) is 3.70. The third-order valence-electron chi connectivity index (χ3n) is 5.52. The van der Waals surface area contributed by atoms with Gasteiger partial charge in [0.05, 0.1) is 19.0 Å². The Balaban J connectivity index is 1.79. The van der Waals surface area contributed by atoms with E-state index in [4.69, 9.17) is 9.47 Å². The number of pyridine rings is 2. The van der Waals surface area contributed by atoms with Gasteiger partial charge >= 0.3 is 0 Å². The number of benzene rings is 1. The highest BCUT2D eigenvalue weighted by Gasteiger charge is 2.22. The van der Waals surface area contributed by atoms with E-state index in [1.54, 1.807) is 38.4 Å². The van der Waals surface area contributed by atoms with Crippen molar-refractivity contribution in [2.45, 2.75) is 32.9 Å². The number of rotatable bonds is 9. The highest BCUT2D eigenvalue weighted by Crippen LogP contribution is 2.38. The molecule has 1 aromatic carbocycles. The van der Waals surface area contributed by atoms with Crippen molar-refractivity contribution < 1.29 is 13.9 Å². The second kappa shape index (κ2) is 10.7. The summed E-state index contributed by atoms with van der Waals surface area (Å²) in [6.45, 7) is 4.54. The molecule has 0 bridgehead atoms. The van der Waals surface area contributed by atoms with E-state index in [-0.39, 0.29) is 11.6 Å². The molecule has 1 atom stereocenters. The maximum Gasteiger partial charge on any atom is 0.239 e. The number of ether oxygens (including phenoxy) is 2. The number of halogens is 2. The maximum absolute atomic E-state index is 14.4. The predicted molar refractivity (Wildman–Crippen MR) is 133 cm³/mol. The van der Waals surface area contributed by atoms with Gasteiger partial charge in [-0.05, 0) is 70.8 Å². The van der Waals surface area contributed by atoms with Crippen LogP contribution in [-0.4, -0.2) is 26.9 Å². The Hall–Kier alpha value is -3.66. The molecule has 3 aromatic heterocycles. The van der Waals surface area contributed by atoms with Gasteiger partial charge in [0.2, 0.25) is 5.82 Å². The van der Waals surface area contributed by atoms with Gasteiger partial charge in [-0.3, -0.25) is 9.67 Å². The van der Waals surface area contributed by atoms with Crippen molar-refractivity contribution in [1.82, 2.24) is 19.7 Å². The Morgan fingerprint density at radius 3 is 2.71 bits per heavy atom. The molecule has 0 unspecified atom stereocenters. The number of aryl methyl sites for hydroxylation is 1. The summed E-state index contributed by atoms with van der Waals surface area (Å²) in [5.74, 6) is 0.328. The molecule has 10 heteroatoms. The van der Waals surface area contributed by atoms with E-state index < -0.39 is 11.9 Å². The number of aromatic nitrogens is 4. The Bertz CT molecular complexity index is 1360. The molecule has 3 heterocycles. The number of nitroso groups, excluding NO2 is 1. The molecule has 4 aromatic rings. The van der Waals surface area contributed by atoms with Crippen molar-refractivity contribution in [3.63, 3.8) is 0 Å². The number of hydrogen-bond acceptors (Lipinski definition) is 7. The molecule has 0 aliphatic carbocycles. The van der Waals surface area contributed by atoms with Crippen LogP contribution in [0.1, 0.15) is 36.6 Å². The second-order valence-electron chi connectivity index (χ2n) is 7.78. The molecule has 4 rings (SSSR count). The van der Waals surface area contributed by atoms with Crippen LogP contribution in [-0.2, 0) is 13.0 Å². The van der Waals surface area contributed by atoms with Gasteiger partial charge < -0.3 is 9.47 Å². The fraction of sp³-hybridized carbons (Fsp3) is 0.240. The van der Waals surface area contributed by atoms with Gasteiger partial charge in [-0.2, -0.15) is 5.10 Å². The van der Waals surface area contributed by atoms with E-state index >= 15 is 0 Å². The van der Waals surface area contributed by atoms with Gasteiger partial charge in [-0.15, -0.1) is 4.91 Å². The molecule has 0 radical (unpaired) electrons. The standard InChI is InChI=1S/C25H23BrFN5O3/c1-4-32-14-16(12-30-32)9-21-22(34-3)7-8-28-24(21)19-6-5-18(27)11-20(19)15(2)35-23-10-17(26)13-29-25(23)31-33/h5-8,10-15H,4,9H2,1-3H3/t15-/m1/s1. The molecule has 180 valence electrons. The van der Waals surface area contributed by atoms with Gasteiger partial charge in [0, 0.05) is 52.7 Å². The Labute approximate surface area is 210 Å². The average molecular weight is 540 g/mol. The summed E-state index contributed by atoms with van der Waals surface area (Å²) in [5, 5.41) is 7.29. The normalized spacial score (nSPS) is 11.8. The molecule has 0 saturated carbocycles. The van der Waals surface area contributed by atoms with E-state index in [0.29, 0.717) is 33.5 Å². The van der Waals surface area contributed by atoms with Crippen LogP contribution in [0.4, 0.5) is 10.2 Å². The number of hydrogen-bond donors (Lipinski definition) is 0. The van der Waals surface area contributed by atoms with E-state index in [9.17, 15) is 9.30 Å². The quantitative estimate of drug-likeness (QED) is 0.228. The van der Waals surface area contributed by atoms with Crippen LogP contribution in [0.3, 0.4) is 0 Å². The first kappa shape index (κ1) is 24.5. The average Bonchev–Trinajstić information content (AvgIpc) is 3.32. The van der Waals surface area contributed by atoms with Crippen LogP contribution < -0.4 is 9.47 Å². The molecular weight excluding hydrogens is 517 g/mol. The minimum absolute atomic E-state index is 0.0915. The summed E-state index contributed by atoms with van der Waals surface area (Å²) in [4.78, 5) is 19.8. The van der Waals surface area contributed by atoms with Crippen LogP contribution in [0.5, 0.6) is 11.5 Å². The largest absolute Gasteiger partial charge is 0.496 e. The van der Waals surface area contributed by atoms with Crippen molar-refractivity contribution in [3.05, 3.63) is 87.0 Å². The summed E-state index contributed by atoms with van der Waals surface area (Å²) in [6, 6.07) is 7.84. The van der Waals surface area contributed by atoms with Crippen molar-refractivity contribution in [2.75, 3.05) is 7.11 Å². The summed E-state index contributed by atoms with van der Waals surface area (Å²) in [7, 11) is 1.60. The number of methoxy groups -OCH3 is 1. The molecule has 0 amide bonds. The molecule has 0 saturated heterocycles. The minimum Gasteiger partial charge on any atom is -0.496 e. The summed E-state index contributed by atoms with van der Waals surface area (Å²) < 4.78 is 28.5. The molecule has 0 fully saturated rings. The van der Waals surface area contributed by atoms with Crippen molar-refractivity contribution in [3.8, 4) is 22.8 Å². The Kier molecular flexibility index (Phi) is 7.50. The molecule has 8 nitrogen and oxygen atoms in total. The van der Waals surface area contributed by atoms with E-state index in [1.165, 1.54) is 18.3 Å². The summed E-state index contributed by atoms with van der Waals surface area (Å²) in [6.07, 6.45) is 6.76. The highest BCUT2D eigenvalue weighted by molar-refractivity contribution is 9.10. The van der Waals surface area contributed by atoms with E-state index in [0.717, 1.165) is 17.7 Å². The zero-order valence-electron chi connectivity index (χ0n) is 19.4. The van der Waals surface area contributed by atoms with E-state index in [1.807, 2.05) is 24.0 Å². The third kappa shape index (κ3) is 5.37. The molecule has 0 aliphatic rings. The Morgan fingerprint density at radius 2 is 2.00 bits per heavy atom. The molecule has 0 N–H and O–H groups in total. The first-order valence-electron chi connectivity index (χ1n) is 10.9. The lowest BCUT2D eigenvalue weighted by Gasteiger charge is -2.21. The first-order chi connectivity index (χ1) is 16.9. The monoisotopic (exact) mass is 539 g/mol. The Morgan fingerprint density at radius 1 is 1.17 bits per heavy atom. The molecule has 35 heavy (non-hydrogen) atoms. The first-order valence-corrected chi connectivity index (χ1v) is 11.7. The van der Waals surface area contributed by atoms with Crippen molar-refractivity contribution >= 4 is 21.7 Å². The topological polar surface area (TPSA) is 91.5 Å². The lowest BCUT2D eigenvalue weighted by atomic mass is 9.94. The number of nitrogens with zero attached hydrogens (tertiary/aromatic N) is 5. The van der Waals surface area contributed by atoms with Gasteiger partial charge in [-0.25, -0.2) is 9.37 Å². The van der Waals surface area contributed by atoms with Gasteiger partial charge in [0.25, 0.3) is 0 Å². The molecular formula is C25H23BrFN5O3. The van der Waals surface area contributed by atoms with Crippen molar-refractivity contribution in [1.29, 1.82) is 0 Å². The zero-order chi connectivity index (χ0) is 24.9. The van der Waals surface area contributed by atoms with Gasteiger partial charge in [0.1, 0.15) is 17.7 Å². The van der Waals surface area contributed by atoms with Crippen LogP contribution in [0.25, 0.3) is 11.3 Å². The maximum atomic E-state index is 14.4. The smallest absolute Gasteiger partial charge is 0.239 e. The minimum atomic E-state index is -0.652. The van der Waals surface area contributed by atoms with Crippen LogP contribution >= 0.6 is 15.9 Å². The zero-order valence-corrected chi connectivity index (χ0v) is 21.0. The molecule has 0 aliphatic heterocycles. The SMILES string of the molecule is CCn1cc(Cc2c(OC)ccnc2-c2ccc(F)cc2[C@@H](C)Oc2cc(Br)cnc2N=O)cn1. The lowest BCUT2D eigenvalue weighted by molar-refractivity contribution is 0.227. The second-order valence-corrected chi connectivity index (χ2v) is 8.70. The van der Waals surface area contributed by atoms with Gasteiger partial charge in [0.15, 0.2) is 5.75 Å². The highest BCUT2D eigenvalue weighted by atomic mass is 79.9. The lowest BCUT2D eigenvalue weighted by Crippen LogP contribution is -2.08. The third-order valence-corrected chi connectivity index (χ3v) is 5.95. The van der Waals surface area contributed by atoms with Crippen LogP contribution in [0.2, 0.25) is 0 Å². The fourth-order valence-corrected chi connectivity index (χ4v) is 4.16. The van der Waals surface area contributed by atoms with Crippen LogP contribution in [0, 0.1) is 10.7 Å². The fourth-order valence-electron chi connectivity index (χ4n) is 3.85. The predicted octanol–water partition coefficient (Wildman–Crippen LogP) is 6.40. The van der Waals surface area contributed by atoms with E-state index in [2.05, 4.69) is 36.2 Å². The van der Waals surface area contributed by atoms with Crippen molar-refractivity contribution in [2.24, 2.45) is 5.18 Å². The molecule has 0 spiro atoms.